The summed E-state index contributed by atoms with van der Waals surface area (Å²) in [7, 11) is 6.66. The Labute approximate surface area is 290 Å². The number of carbonyl (C=O) groups is 1. The molecule has 0 aliphatic carbocycles. The van der Waals surface area contributed by atoms with Crippen molar-refractivity contribution >= 4 is 31.9 Å². The van der Waals surface area contributed by atoms with Gasteiger partial charge in [0.15, 0.2) is 11.5 Å². The van der Waals surface area contributed by atoms with E-state index in [0.717, 1.165) is 33.9 Å². The highest BCUT2D eigenvalue weighted by Crippen LogP contribution is 2.40. The maximum Gasteiger partial charge on any atom is 0.500 e. The number of nitrogens with zero attached hydrogens (tertiary/aromatic N) is 3. The van der Waals surface area contributed by atoms with E-state index in [4.69, 9.17) is 23.0 Å². The van der Waals surface area contributed by atoms with Gasteiger partial charge in [-0.15, -0.1) is 0 Å². The van der Waals surface area contributed by atoms with Crippen molar-refractivity contribution in [1.82, 2.24) is 15.3 Å². The predicted molar refractivity (Wildman–Crippen MR) is 199 cm³/mol. The van der Waals surface area contributed by atoms with Crippen LogP contribution >= 0.6 is 0 Å². The first kappa shape index (κ1) is 37.3. The molecule has 0 saturated carbocycles. The van der Waals surface area contributed by atoms with E-state index in [1.165, 1.54) is 7.11 Å². The fourth-order valence-electron chi connectivity index (χ4n) is 5.44. The monoisotopic (exact) mass is 690 g/mol. The number of amides is 2. The molecule has 4 N–H and O–H groups in total. The van der Waals surface area contributed by atoms with Gasteiger partial charge in [0.25, 0.3) is 0 Å². The molecule has 4 aromatic rings. The minimum absolute atomic E-state index is 0.179. The van der Waals surface area contributed by atoms with Crippen LogP contribution in [0.25, 0.3) is 33.9 Å². The Kier molecular flexibility index (Phi) is 13.1. The second-order valence-electron chi connectivity index (χ2n) is 11.7. The zero-order chi connectivity index (χ0) is 35.6. The zero-order valence-electron chi connectivity index (χ0n) is 29.8. The number of anilines is 3. The maximum atomic E-state index is 13.0. The number of H-pyrrole nitrogens is 1. The number of phenols is 1. The fraction of sp³-hybridized carbons (Fsp3) is 0.389. The average Bonchev–Trinajstić information content (AvgIpc) is 3.54. The van der Waals surface area contributed by atoms with Crippen LogP contribution in [-0.4, -0.2) is 91.6 Å². The van der Waals surface area contributed by atoms with Gasteiger partial charge in [0, 0.05) is 88.7 Å². The molecule has 12 nitrogen and oxygen atoms in total. The van der Waals surface area contributed by atoms with Gasteiger partial charge in [0.1, 0.15) is 5.82 Å². The molecule has 49 heavy (non-hydrogen) atoms. The second-order valence-corrected chi connectivity index (χ2v) is 14.5. The van der Waals surface area contributed by atoms with Gasteiger partial charge in [0.2, 0.25) is 0 Å². The number of aromatic amines is 1. The third-order valence-electron chi connectivity index (χ3n) is 7.89. The summed E-state index contributed by atoms with van der Waals surface area (Å²) in [5.41, 5.74) is 6.46. The van der Waals surface area contributed by atoms with Gasteiger partial charge < -0.3 is 48.5 Å². The Bertz CT molecular complexity index is 1570. The van der Waals surface area contributed by atoms with Crippen LogP contribution in [0.4, 0.5) is 21.9 Å². The molecule has 264 valence electrons. The van der Waals surface area contributed by atoms with Crippen LogP contribution in [0.15, 0.2) is 60.7 Å². The number of benzene rings is 3. The number of ether oxygens (including phenoxy) is 1. The third kappa shape index (κ3) is 9.32. The van der Waals surface area contributed by atoms with Crippen molar-refractivity contribution in [1.29, 1.82) is 0 Å². The number of urea groups is 1. The number of aromatic hydroxyl groups is 1. The van der Waals surface area contributed by atoms with Crippen molar-refractivity contribution in [2.24, 2.45) is 0 Å². The van der Waals surface area contributed by atoms with E-state index in [-0.39, 0.29) is 17.2 Å². The minimum Gasteiger partial charge on any atom is -0.503 e. The molecule has 1 heterocycles. The Hall–Kier alpha value is -4.56. The van der Waals surface area contributed by atoms with Crippen molar-refractivity contribution in [3.05, 3.63) is 60.7 Å². The summed E-state index contributed by atoms with van der Waals surface area (Å²) in [6.07, 6.45) is 0.595. The summed E-state index contributed by atoms with van der Waals surface area (Å²) in [6, 6.07) is 19.9. The Morgan fingerprint density at radius 3 is 1.90 bits per heavy atom. The molecule has 13 heteroatoms. The summed E-state index contributed by atoms with van der Waals surface area (Å²) in [5, 5.41) is 16.6. The van der Waals surface area contributed by atoms with E-state index in [1.54, 1.807) is 12.1 Å². The van der Waals surface area contributed by atoms with Crippen LogP contribution < -0.4 is 25.2 Å². The van der Waals surface area contributed by atoms with Crippen molar-refractivity contribution in [3.8, 4) is 45.4 Å². The molecule has 0 aliphatic rings. The van der Waals surface area contributed by atoms with Crippen LogP contribution in [0.1, 0.15) is 27.2 Å². The van der Waals surface area contributed by atoms with Gasteiger partial charge in [-0.1, -0.05) is 24.3 Å². The Morgan fingerprint density at radius 1 is 0.837 bits per heavy atom. The van der Waals surface area contributed by atoms with Crippen LogP contribution in [0, 0.1) is 0 Å². The van der Waals surface area contributed by atoms with Gasteiger partial charge in [-0.2, -0.15) is 0 Å². The van der Waals surface area contributed by atoms with Crippen LogP contribution in [0.5, 0.6) is 11.5 Å². The number of rotatable bonds is 17. The molecule has 3 aromatic carbocycles. The molecule has 4 rings (SSSR count). The molecule has 1 aromatic heterocycles. The molecule has 0 atom stereocenters. The minimum atomic E-state index is -2.82. The number of hydrogen-bond donors (Lipinski definition) is 4. The number of nitrogens with one attached hydrogen (secondary N) is 3. The summed E-state index contributed by atoms with van der Waals surface area (Å²) in [6.45, 7) is 7.56. The quantitative estimate of drug-likeness (QED) is 0.0535. The highest BCUT2D eigenvalue weighted by atomic mass is 28.4. The van der Waals surface area contributed by atoms with E-state index < -0.39 is 14.8 Å². The van der Waals surface area contributed by atoms with Crippen LogP contribution in [0.2, 0.25) is 6.04 Å². The Morgan fingerprint density at radius 2 is 1.39 bits per heavy atom. The molecular formula is C36H50N6O6Si. The molecule has 0 spiro atoms. The lowest BCUT2D eigenvalue weighted by atomic mass is 10.0. The molecule has 0 bridgehead atoms. The standard InChI is InChI=1S/C36H50N6O6Si/c1-9-46-49(47-10-2,48-11-3)22-12-21-37-36(44)38-30-23-27(24-31(45-8)34(30)43)35-39-32(25-13-17-28(18-14-25)41(4)5)33(40-35)26-15-19-29(20-16-26)42(6)7/h13-20,23-24,43H,9-12,21-22H2,1-8H3,(H,39,40)(H2,37,38,44). The molecule has 0 radical (unpaired) electrons. The van der Waals surface area contributed by atoms with Crippen molar-refractivity contribution in [2.45, 2.75) is 33.2 Å². The molecule has 0 saturated heterocycles. The molecule has 0 fully saturated rings. The lowest BCUT2D eigenvalue weighted by Gasteiger charge is -2.28. The highest BCUT2D eigenvalue weighted by molar-refractivity contribution is 6.60. The summed E-state index contributed by atoms with van der Waals surface area (Å²) in [5.74, 6) is 0.547. The predicted octanol–water partition coefficient (Wildman–Crippen LogP) is 6.82. The molecular weight excluding hydrogens is 641 g/mol. The molecule has 2 amide bonds. The average molecular weight is 691 g/mol. The second kappa shape index (κ2) is 17.2. The number of phenolic OH excluding ortho intramolecular Hbond substituents is 1. The SMILES string of the molecule is CCO[Si](CCCNC(=O)Nc1cc(-c2nc(-c3ccc(N(C)C)cc3)c(-c3ccc(N(C)C)cc3)[nH]2)cc(OC)c1O)(OCC)OCC. The topological polar surface area (TPSA) is 133 Å². The summed E-state index contributed by atoms with van der Waals surface area (Å²) in [4.78, 5) is 25.6. The number of hydrogen-bond acceptors (Lipinski definition) is 9. The molecule has 0 unspecified atom stereocenters. The largest absolute Gasteiger partial charge is 0.503 e. The number of aromatic nitrogens is 2. The Balaban J connectivity index is 1.61. The fourth-order valence-corrected chi connectivity index (χ4v) is 8.05. The first-order valence-corrected chi connectivity index (χ1v) is 18.5. The van der Waals surface area contributed by atoms with Crippen LogP contribution in [0.3, 0.4) is 0 Å². The van der Waals surface area contributed by atoms with Crippen molar-refractivity contribution in [2.75, 3.05) is 76.8 Å². The first-order valence-electron chi connectivity index (χ1n) is 16.6. The van der Waals surface area contributed by atoms with Crippen LogP contribution in [-0.2, 0) is 13.3 Å². The third-order valence-corrected chi connectivity index (χ3v) is 11.0. The van der Waals surface area contributed by atoms with Gasteiger partial charge in [-0.25, -0.2) is 9.78 Å². The van der Waals surface area contributed by atoms with E-state index in [0.29, 0.717) is 50.2 Å². The summed E-state index contributed by atoms with van der Waals surface area (Å²) < 4.78 is 23.2. The number of carbonyl (C=O) groups excluding carboxylic acids is 1. The van der Waals surface area contributed by atoms with Gasteiger partial charge in [0.05, 0.1) is 24.2 Å². The zero-order valence-corrected chi connectivity index (χ0v) is 30.8. The van der Waals surface area contributed by atoms with E-state index in [1.807, 2.05) is 70.9 Å². The normalized spacial score (nSPS) is 11.3. The highest BCUT2D eigenvalue weighted by Gasteiger charge is 2.39. The van der Waals surface area contributed by atoms with E-state index >= 15 is 0 Å². The summed E-state index contributed by atoms with van der Waals surface area (Å²) >= 11 is 0. The lowest BCUT2D eigenvalue weighted by Crippen LogP contribution is -2.46. The first-order chi connectivity index (χ1) is 23.5. The van der Waals surface area contributed by atoms with E-state index in [2.05, 4.69) is 52.0 Å². The van der Waals surface area contributed by atoms with Gasteiger partial charge in [-0.05, 0) is 63.6 Å². The maximum absolute atomic E-state index is 13.0. The van der Waals surface area contributed by atoms with Gasteiger partial charge in [-0.3, -0.25) is 0 Å². The van der Waals surface area contributed by atoms with Crippen molar-refractivity contribution < 1.29 is 27.9 Å². The number of methoxy groups -OCH3 is 1. The number of imidazole rings is 1. The molecule has 0 aliphatic heterocycles. The van der Waals surface area contributed by atoms with Crippen molar-refractivity contribution in [3.63, 3.8) is 0 Å². The van der Waals surface area contributed by atoms with Gasteiger partial charge >= 0.3 is 14.8 Å². The smallest absolute Gasteiger partial charge is 0.500 e. The lowest BCUT2D eigenvalue weighted by molar-refractivity contribution is 0.0708. The van der Waals surface area contributed by atoms with E-state index in [9.17, 15) is 9.90 Å².